The Balaban J connectivity index is 2.34. The van der Waals surface area contributed by atoms with E-state index >= 15 is 0 Å². The summed E-state index contributed by atoms with van der Waals surface area (Å²) in [6.07, 6.45) is 1.21. The maximum absolute atomic E-state index is 11.3. The van der Waals surface area contributed by atoms with Crippen LogP contribution in [0, 0.1) is 0 Å². The first kappa shape index (κ1) is 13.7. The van der Waals surface area contributed by atoms with E-state index in [1.165, 1.54) is 25.3 Å². The maximum Gasteiger partial charge on any atom is 0.333 e. The summed E-state index contributed by atoms with van der Waals surface area (Å²) < 4.78 is 9.62. The number of esters is 2. The highest BCUT2D eigenvalue weighted by Gasteiger charge is 2.08. The third kappa shape index (κ3) is 4.65. The monoisotopic (exact) mass is 251 g/mol. The van der Waals surface area contributed by atoms with Gasteiger partial charge in [0.2, 0.25) is 5.56 Å². The van der Waals surface area contributed by atoms with Crippen LogP contribution in [0.5, 0.6) is 5.75 Å². The van der Waals surface area contributed by atoms with Gasteiger partial charge in [0.05, 0.1) is 6.42 Å². The average Bonchev–Trinajstić information content (AvgIpc) is 2.32. The van der Waals surface area contributed by atoms with Gasteiger partial charge in [-0.25, -0.2) is 4.79 Å². The van der Waals surface area contributed by atoms with E-state index in [4.69, 9.17) is 9.47 Å². The second kappa shape index (κ2) is 6.39. The molecule has 0 saturated carbocycles. The number of ether oxygens (including phenoxy) is 2. The average molecular weight is 251 g/mol. The van der Waals surface area contributed by atoms with Crippen molar-refractivity contribution in [3.63, 3.8) is 0 Å². The fraction of sp³-hybridized carbons (Fsp3) is 0.250. The molecule has 0 aliphatic rings. The predicted octanol–water partition coefficient (Wildman–Crippen LogP) is 0.790. The van der Waals surface area contributed by atoms with Gasteiger partial charge in [-0.3, -0.25) is 9.59 Å². The zero-order valence-electron chi connectivity index (χ0n) is 9.89. The molecule has 6 heteroatoms. The van der Waals surface area contributed by atoms with Crippen LogP contribution >= 0.6 is 0 Å². The molecule has 0 bridgehead atoms. The zero-order chi connectivity index (χ0) is 13.5. The smallest absolute Gasteiger partial charge is 0.333 e. The molecular formula is C12H13NO5. The SMILES string of the molecule is C=C(C)C(=O)OCCC(=O)Oc1ccc(=O)[nH]c1. The molecule has 1 aromatic heterocycles. The van der Waals surface area contributed by atoms with E-state index in [1.807, 2.05) is 0 Å². The Kier molecular flexibility index (Phi) is 4.86. The van der Waals surface area contributed by atoms with Gasteiger partial charge in [-0.05, 0) is 13.0 Å². The number of carbonyl (C=O) groups excluding carboxylic acids is 2. The van der Waals surface area contributed by atoms with E-state index in [2.05, 4.69) is 11.6 Å². The van der Waals surface area contributed by atoms with Gasteiger partial charge >= 0.3 is 11.9 Å². The molecule has 0 spiro atoms. The first-order valence-corrected chi connectivity index (χ1v) is 5.21. The van der Waals surface area contributed by atoms with Gasteiger partial charge in [-0.1, -0.05) is 6.58 Å². The van der Waals surface area contributed by atoms with Crippen molar-refractivity contribution in [1.82, 2.24) is 4.98 Å². The number of aromatic nitrogens is 1. The normalized spacial score (nSPS) is 9.61. The number of hydrogen-bond donors (Lipinski definition) is 1. The quantitative estimate of drug-likeness (QED) is 0.617. The third-order valence-corrected chi connectivity index (χ3v) is 1.88. The molecule has 1 rings (SSSR count). The lowest BCUT2D eigenvalue weighted by molar-refractivity contribution is -0.142. The summed E-state index contributed by atoms with van der Waals surface area (Å²) in [5, 5.41) is 0. The van der Waals surface area contributed by atoms with Gasteiger partial charge in [0.1, 0.15) is 12.4 Å². The number of hydrogen-bond acceptors (Lipinski definition) is 5. The predicted molar refractivity (Wildman–Crippen MR) is 63.1 cm³/mol. The minimum Gasteiger partial charge on any atom is -0.462 e. The lowest BCUT2D eigenvalue weighted by Crippen LogP contribution is -2.14. The van der Waals surface area contributed by atoms with E-state index in [9.17, 15) is 14.4 Å². The molecule has 0 aliphatic carbocycles. The molecule has 96 valence electrons. The van der Waals surface area contributed by atoms with Crippen LogP contribution in [0.15, 0.2) is 35.3 Å². The fourth-order valence-corrected chi connectivity index (χ4v) is 0.993. The van der Waals surface area contributed by atoms with Crippen LogP contribution in [0.3, 0.4) is 0 Å². The van der Waals surface area contributed by atoms with Crippen LogP contribution in [0.1, 0.15) is 13.3 Å². The van der Waals surface area contributed by atoms with Crippen LogP contribution in [-0.4, -0.2) is 23.5 Å². The topological polar surface area (TPSA) is 85.5 Å². The number of rotatable bonds is 5. The number of H-pyrrole nitrogens is 1. The summed E-state index contributed by atoms with van der Waals surface area (Å²) >= 11 is 0. The highest BCUT2D eigenvalue weighted by atomic mass is 16.5. The highest BCUT2D eigenvalue weighted by molar-refractivity contribution is 5.87. The number of carbonyl (C=O) groups is 2. The summed E-state index contributed by atoms with van der Waals surface area (Å²) in [5.74, 6) is -0.880. The van der Waals surface area contributed by atoms with Crippen molar-refractivity contribution in [3.8, 4) is 5.75 Å². The van der Waals surface area contributed by atoms with Crippen LogP contribution in [-0.2, 0) is 14.3 Å². The van der Waals surface area contributed by atoms with Crippen LogP contribution < -0.4 is 10.3 Å². The van der Waals surface area contributed by atoms with Crippen molar-refractivity contribution in [2.24, 2.45) is 0 Å². The van der Waals surface area contributed by atoms with Crippen molar-refractivity contribution in [2.75, 3.05) is 6.61 Å². The largest absolute Gasteiger partial charge is 0.462 e. The second-order valence-electron chi connectivity index (χ2n) is 3.53. The second-order valence-corrected chi connectivity index (χ2v) is 3.53. The number of aromatic amines is 1. The molecule has 1 aromatic rings. The summed E-state index contributed by atoms with van der Waals surface area (Å²) in [6, 6.07) is 2.61. The standard InChI is InChI=1S/C12H13NO5/c1-8(2)12(16)17-6-5-11(15)18-9-3-4-10(14)13-7-9/h3-4,7H,1,5-6H2,2H3,(H,13,14). The molecule has 0 amide bonds. The third-order valence-electron chi connectivity index (χ3n) is 1.88. The van der Waals surface area contributed by atoms with Crippen molar-refractivity contribution in [2.45, 2.75) is 13.3 Å². The summed E-state index contributed by atoms with van der Waals surface area (Å²) in [5.41, 5.74) is -0.0193. The van der Waals surface area contributed by atoms with E-state index < -0.39 is 11.9 Å². The maximum atomic E-state index is 11.3. The highest BCUT2D eigenvalue weighted by Crippen LogP contribution is 2.05. The number of nitrogens with one attached hydrogen (secondary N) is 1. The molecule has 0 fully saturated rings. The molecule has 1 heterocycles. The van der Waals surface area contributed by atoms with E-state index in [0.29, 0.717) is 0 Å². The molecular weight excluding hydrogens is 238 g/mol. The molecule has 18 heavy (non-hydrogen) atoms. The van der Waals surface area contributed by atoms with Crippen molar-refractivity contribution < 1.29 is 19.1 Å². The molecule has 0 radical (unpaired) electrons. The Labute approximate surface area is 103 Å². The Morgan fingerprint density at radius 3 is 2.67 bits per heavy atom. The minimum atomic E-state index is -0.559. The lowest BCUT2D eigenvalue weighted by Gasteiger charge is -2.05. The van der Waals surface area contributed by atoms with Crippen molar-refractivity contribution in [3.05, 3.63) is 40.8 Å². The Bertz CT molecular complexity index is 497. The minimum absolute atomic E-state index is 0.0713. The molecule has 0 aliphatic heterocycles. The van der Waals surface area contributed by atoms with Crippen LogP contribution in [0.2, 0.25) is 0 Å². The molecule has 6 nitrogen and oxygen atoms in total. The molecule has 0 unspecified atom stereocenters. The zero-order valence-corrected chi connectivity index (χ0v) is 9.89. The van der Waals surface area contributed by atoms with Gasteiger partial charge in [-0.2, -0.15) is 0 Å². The van der Waals surface area contributed by atoms with Crippen molar-refractivity contribution >= 4 is 11.9 Å². The first-order valence-electron chi connectivity index (χ1n) is 5.21. The Morgan fingerprint density at radius 2 is 2.11 bits per heavy atom. The van der Waals surface area contributed by atoms with Crippen LogP contribution in [0.25, 0.3) is 0 Å². The van der Waals surface area contributed by atoms with E-state index in [0.717, 1.165) is 0 Å². The molecule has 1 N–H and O–H groups in total. The molecule has 0 aromatic carbocycles. The lowest BCUT2D eigenvalue weighted by atomic mass is 10.3. The van der Waals surface area contributed by atoms with Gasteiger partial charge in [0, 0.05) is 17.8 Å². The van der Waals surface area contributed by atoms with Gasteiger partial charge < -0.3 is 14.5 Å². The Hall–Kier alpha value is -2.37. The molecule has 0 atom stereocenters. The van der Waals surface area contributed by atoms with Gasteiger partial charge in [-0.15, -0.1) is 0 Å². The Morgan fingerprint density at radius 1 is 1.39 bits per heavy atom. The molecule has 0 saturated heterocycles. The summed E-state index contributed by atoms with van der Waals surface area (Å²) in [7, 11) is 0. The van der Waals surface area contributed by atoms with Crippen molar-refractivity contribution in [1.29, 1.82) is 0 Å². The number of pyridine rings is 1. The first-order chi connectivity index (χ1) is 8.49. The fourth-order valence-electron chi connectivity index (χ4n) is 0.993. The van der Waals surface area contributed by atoms with Gasteiger partial charge in [0.25, 0.3) is 0 Å². The van der Waals surface area contributed by atoms with Crippen LogP contribution in [0.4, 0.5) is 0 Å². The van der Waals surface area contributed by atoms with Gasteiger partial charge in [0.15, 0.2) is 0 Å². The van der Waals surface area contributed by atoms with E-state index in [1.54, 1.807) is 0 Å². The summed E-state index contributed by atoms with van der Waals surface area (Å²) in [6.45, 7) is 4.84. The summed E-state index contributed by atoms with van der Waals surface area (Å²) in [4.78, 5) is 35.4. The van der Waals surface area contributed by atoms with E-state index in [-0.39, 0.29) is 29.9 Å².